The highest BCUT2D eigenvalue weighted by molar-refractivity contribution is 7.22. The molecule has 0 fully saturated rings. The molecule has 34 heavy (non-hydrogen) atoms. The Kier molecular flexibility index (Phi) is 8.29. The predicted octanol–water partition coefficient (Wildman–Crippen LogP) is 4.07. The average molecular weight is 510 g/mol. The van der Waals surface area contributed by atoms with Crippen LogP contribution >= 0.6 is 23.7 Å². The number of amides is 1. The first kappa shape index (κ1) is 25.7. The monoisotopic (exact) mass is 509 g/mol. The van der Waals surface area contributed by atoms with E-state index in [-0.39, 0.29) is 25.1 Å². The Labute approximate surface area is 208 Å². The molecular weight excluding hydrogens is 482 g/mol. The van der Waals surface area contributed by atoms with Crippen LogP contribution in [-0.4, -0.2) is 71.1 Å². The third-order valence-electron chi connectivity index (χ3n) is 5.25. The fourth-order valence-corrected chi connectivity index (χ4v) is 4.61. The summed E-state index contributed by atoms with van der Waals surface area (Å²) in [6, 6.07) is 7.07. The molecule has 2 aromatic carbocycles. The molecule has 2 heterocycles. The molecule has 9 nitrogen and oxygen atoms in total. The van der Waals surface area contributed by atoms with Gasteiger partial charge in [-0.15, -0.1) is 12.4 Å². The number of rotatable bonds is 9. The van der Waals surface area contributed by atoms with Gasteiger partial charge in [0.05, 0.1) is 31.5 Å². The first-order valence-electron chi connectivity index (χ1n) is 10.4. The smallest absolute Gasteiger partial charge is 0.260 e. The van der Waals surface area contributed by atoms with Crippen molar-refractivity contribution >= 4 is 45.0 Å². The number of thiazole rings is 1. The first-order valence-corrected chi connectivity index (χ1v) is 11.2. The maximum atomic E-state index is 13.7. The lowest BCUT2D eigenvalue weighted by molar-refractivity contribution is 0.0985. The molecule has 0 N–H and O–H groups in total. The zero-order valence-electron chi connectivity index (χ0n) is 19.7. The molecule has 0 spiro atoms. The van der Waals surface area contributed by atoms with E-state index in [4.69, 9.17) is 28.7 Å². The van der Waals surface area contributed by atoms with E-state index < -0.39 is 0 Å². The van der Waals surface area contributed by atoms with Crippen LogP contribution in [0.25, 0.3) is 10.2 Å². The van der Waals surface area contributed by atoms with Gasteiger partial charge in [-0.3, -0.25) is 9.69 Å². The van der Waals surface area contributed by atoms with E-state index in [1.54, 1.807) is 17.0 Å². The van der Waals surface area contributed by atoms with Gasteiger partial charge >= 0.3 is 0 Å². The van der Waals surface area contributed by atoms with Crippen LogP contribution in [0.3, 0.4) is 0 Å². The number of benzene rings is 2. The fraction of sp³-hybridized carbons (Fsp3) is 0.391. The quantitative estimate of drug-likeness (QED) is 0.427. The molecule has 0 saturated heterocycles. The Hall–Kier alpha value is -2.95. The second kappa shape index (κ2) is 11.0. The molecule has 184 valence electrons. The van der Waals surface area contributed by atoms with E-state index in [2.05, 4.69) is 4.90 Å². The van der Waals surface area contributed by atoms with Crippen LogP contribution in [-0.2, 0) is 0 Å². The molecule has 0 atom stereocenters. The molecule has 0 saturated carbocycles. The van der Waals surface area contributed by atoms with Gasteiger partial charge in [0.15, 0.2) is 28.1 Å². The Morgan fingerprint density at radius 2 is 1.65 bits per heavy atom. The SMILES string of the molecule is COc1cc(C(=O)N(CCCN(C)C)c2nc3cc4c(cc3s2)OCO4)cc(OC)c1OC.Cl. The Bertz CT molecular complexity index is 1100. The van der Waals surface area contributed by atoms with Crippen LogP contribution in [0.4, 0.5) is 5.13 Å². The normalized spacial score (nSPS) is 11.9. The molecule has 0 unspecified atom stereocenters. The number of anilines is 1. The van der Waals surface area contributed by atoms with E-state index in [0.29, 0.717) is 46.0 Å². The lowest BCUT2D eigenvalue weighted by Gasteiger charge is -2.22. The van der Waals surface area contributed by atoms with E-state index in [0.717, 1.165) is 23.2 Å². The molecule has 1 aliphatic rings. The number of nitrogens with zero attached hydrogens (tertiary/aromatic N) is 3. The highest BCUT2D eigenvalue weighted by Crippen LogP contribution is 2.41. The van der Waals surface area contributed by atoms with Crippen LogP contribution in [0.5, 0.6) is 28.7 Å². The van der Waals surface area contributed by atoms with Crippen LogP contribution in [0, 0.1) is 0 Å². The van der Waals surface area contributed by atoms with Crippen molar-refractivity contribution in [1.29, 1.82) is 0 Å². The van der Waals surface area contributed by atoms with Crippen LogP contribution in [0.15, 0.2) is 24.3 Å². The molecule has 3 aromatic rings. The molecule has 1 amide bonds. The number of ether oxygens (including phenoxy) is 5. The molecule has 1 aromatic heterocycles. The number of methoxy groups -OCH3 is 3. The molecule has 0 aliphatic carbocycles. The number of fused-ring (bicyclic) bond motifs is 2. The number of carbonyl (C=O) groups excluding carboxylic acids is 1. The van der Waals surface area contributed by atoms with Gasteiger partial charge in [-0.1, -0.05) is 11.3 Å². The van der Waals surface area contributed by atoms with Gasteiger partial charge < -0.3 is 28.6 Å². The number of carbonyl (C=O) groups is 1. The summed E-state index contributed by atoms with van der Waals surface area (Å²) in [5.74, 6) is 2.42. The Morgan fingerprint density at radius 3 is 2.24 bits per heavy atom. The van der Waals surface area contributed by atoms with E-state index >= 15 is 0 Å². The van der Waals surface area contributed by atoms with Gasteiger partial charge in [0.1, 0.15) is 0 Å². The van der Waals surface area contributed by atoms with Crippen molar-refractivity contribution in [3.05, 3.63) is 29.8 Å². The van der Waals surface area contributed by atoms with Crippen LogP contribution in [0.2, 0.25) is 0 Å². The molecule has 0 bridgehead atoms. The summed E-state index contributed by atoms with van der Waals surface area (Å²) in [7, 11) is 8.59. The van der Waals surface area contributed by atoms with Gasteiger partial charge in [0.2, 0.25) is 12.5 Å². The number of aromatic nitrogens is 1. The zero-order valence-corrected chi connectivity index (χ0v) is 21.4. The van der Waals surface area contributed by atoms with Crippen molar-refractivity contribution in [1.82, 2.24) is 9.88 Å². The van der Waals surface area contributed by atoms with Gasteiger partial charge in [-0.05, 0) is 39.2 Å². The van der Waals surface area contributed by atoms with Crippen molar-refractivity contribution in [2.24, 2.45) is 0 Å². The third kappa shape index (κ3) is 5.08. The minimum Gasteiger partial charge on any atom is -0.493 e. The van der Waals surface area contributed by atoms with Crippen molar-refractivity contribution in [2.45, 2.75) is 6.42 Å². The number of hydrogen-bond acceptors (Lipinski definition) is 9. The summed E-state index contributed by atoms with van der Waals surface area (Å²) in [5, 5.41) is 0.603. The molecular formula is C23H28ClN3O6S. The molecule has 4 rings (SSSR count). The largest absolute Gasteiger partial charge is 0.493 e. The van der Waals surface area contributed by atoms with Gasteiger partial charge in [-0.25, -0.2) is 4.98 Å². The summed E-state index contributed by atoms with van der Waals surface area (Å²) in [4.78, 5) is 22.2. The maximum Gasteiger partial charge on any atom is 0.260 e. The van der Waals surface area contributed by atoms with Crippen molar-refractivity contribution in [3.63, 3.8) is 0 Å². The number of hydrogen-bond donors (Lipinski definition) is 0. The molecule has 11 heteroatoms. The van der Waals surface area contributed by atoms with Crippen molar-refractivity contribution in [3.8, 4) is 28.7 Å². The minimum atomic E-state index is -0.202. The Balaban J connectivity index is 0.00000324. The second-order valence-electron chi connectivity index (χ2n) is 7.70. The summed E-state index contributed by atoms with van der Waals surface area (Å²) >= 11 is 1.44. The Morgan fingerprint density at radius 1 is 1.00 bits per heavy atom. The van der Waals surface area contributed by atoms with Crippen molar-refractivity contribution < 1.29 is 28.5 Å². The van der Waals surface area contributed by atoms with E-state index in [9.17, 15) is 4.79 Å². The zero-order chi connectivity index (χ0) is 23.5. The van der Waals surface area contributed by atoms with Gasteiger partial charge in [0, 0.05) is 24.2 Å². The first-order chi connectivity index (χ1) is 15.9. The minimum absolute atomic E-state index is 0. The fourth-order valence-electron chi connectivity index (χ4n) is 3.61. The lowest BCUT2D eigenvalue weighted by Crippen LogP contribution is -2.33. The highest BCUT2D eigenvalue weighted by Gasteiger charge is 2.25. The predicted molar refractivity (Wildman–Crippen MR) is 134 cm³/mol. The average Bonchev–Trinajstić information content (AvgIpc) is 3.44. The van der Waals surface area contributed by atoms with Gasteiger partial charge in [0.25, 0.3) is 5.91 Å². The lowest BCUT2D eigenvalue weighted by atomic mass is 10.1. The summed E-state index contributed by atoms with van der Waals surface area (Å²) < 4.78 is 28.2. The second-order valence-corrected chi connectivity index (χ2v) is 8.71. The van der Waals surface area contributed by atoms with Gasteiger partial charge in [-0.2, -0.15) is 0 Å². The molecule has 1 aliphatic heterocycles. The van der Waals surface area contributed by atoms with Crippen LogP contribution in [0.1, 0.15) is 16.8 Å². The number of halogens is 1. The molecule has 0 radical (unpaired) electrons. The van der Waals surface area contributed by atoms with Crippen LogP contribution < -0.4 is 28.6 Å². The standard InChI is InChI=1S/C23H27N3O6S.ClH/c1-25(2)7-6-8-26(22(27)14-9-18(28-3)21(30-5)19(10-14)29-4)23-24-15-11-16-17(32-13-31-16)12-20(15)33-23;/h9-12H,6-8,13H2,1-5H3;1H. The summed E-state index contributed by atoms with van der Waals surface area (Å²) in [5.41, 5.74) is 1.18. The topological polar surface area (TPSA) is 82.6 Å². The van der Waals surface area contributed by atoms with E-state index in [1.165, 1.54) is 32.7 Å². The maximum absolute atomic E-state index is 13.7. The summed E-state index contributed by atoms with van der Waals surface area (Å²) in [6.07, 6.45) is 0.780. The third-order valence-corrected chi connectivity index (χ3v) is 6.29. The van der Waals surface area contributed by atoms with E-state index in [1.807, 2.05) is 26.2 Å². The van der Waals surface area contributed by atoms with Crippen molar-refractivity contribution in [2.75, 3.05) is 60.2 Å². The summed E-state index contributed by atoms with van der Waals surface area (Å²) in [6.45, 7) is 1.54. The highest BCUT2D eigenvalue weighted by atomic mass is 35.5.